The Balaban J connectivity index is 0.733. The van der Waals surface area contributed by atoms with Crippen molar-refractivity contribution < 1.29 is 28.8 Å². The molecular formula is C47H45N11O6. The van der Waals surface area contributed by atoms with Crippen molar-refractivity contribution in [3.63, 3.8) is 0 Å². The van der Waals surface area contributed by atoms with E-state index in [0.29, 0.717) is 53.1 Å². The van der Waals surface area contributed by atoms with Crippen molar-refractivity contribution in [1.82, 2.24) is 44.3 Å². The smallest absolute Gasteiger partial charge is 0.262 e. The fourth-order valence-electron chi connectivity index (χ4n) is 9.62. The van der Waals surface area contributed by atoms with Crippen LogP contribution < -0.4 is 16.4 Å². The molecule has 17 nitrogen and oxygen atoms in total. The molecule has 8 heterocycles. The Kier molecular flexibility index (Phi) is 10.7. The van der Waals surface area contributed by atoms with Crippen LogP contribution >= 0.6 is 0 Å². The predicted octanol–water partition coefficient (Wildman–Crippen LogP) is 3.14. The van der Waals surface area contributed by atoms with E-state index in [1.807, 2.05) is 27.6 Å². The number of nitrogens with two attached hydrogens (primary N) is 1. The summed E-state index contributed by atoms with van der Waals surface area (Å²) in [5, 5.41) is 5.02. The van der Waals surface area contributed by atoms with Crippen molar-refractivity contribution in [2.24, 2.45) is 5.92 Å². The first-order valence-corrected chi connectivity index (χ1v) is 21.7. The van der Waals surface area contributed by atoms with E-state index in [9.17, 15) is 28.8 Å². The summed E-state index contributed by atoms with van der Waals surface area (Å²) in [6, 6.07) is 16.6. The maximum Gasteiger partial charge on any atom is 0.262 e. The van der Waals surface area contributed by atoms with Crippen molar-refractivity contribution in [3.05, 3.63) is 107 Å². The van der Waals surface area contributed by atoms with Gasteiger partial charge in [-0.3, -0.25) is 53.2 Å². The number of rotatable bonds is 8. The van der Waals surface area contributed by atoms with Crippen LogP contribution in [0.4, 0.5) is 11.6 Å². The van der Waals surface area contributed by atoms with Gasteiger partial charge in [-0.2, -0.15) is 0 Å². The summed E-state index contributed by atoms with van der Waals surface area (Å²) in [6.45, 7) is 4.27. The number of likely N-dealkylation sites (tertiary alicyclic amines) is 3. The van der Waals surface area contributed by atoms with E-state index in [4.69, 9.17) is 10.7 Å². The summed E-state index contributed by atoms with van der Waals surface area (Å²) in [5.74, 6) is 5.88. The second-order valence-electron chi connectivity index (χ2n) is 17.0. The fourth-order valence-corrected chi connectivity index (χ4v) is 9.62. The Morgan fingerprint density at radius 3 is 2.42 bits per heavy atom. The number of pyridine rings is 1. The summed E-state index contributed by atoms with van der Waals surface area (Å²) < 4.78 is 1.94. The van der Waals surface area contributed by atoms with Crippen LogP contribution in [0, 0.1) is 17.8 Å². The molecule has 4 N–H and O–H groups in total. The van der Waals surface area contributed by atoms with Gasteiger partial charge >= 0.3 is 0 Å². The second-order valence-corrected chi connectivity index (χ2v) is 17.0. The number of nitrogens with one attached hydrogen (secondary N) is 2. The van der Waals surface area contributed by atoms with E-state index in [2.05, 4.69) is 42.2 Å². The van der Waals surface area contributed by atoms with Crippen LogP contribution in [0.25, 0.3) is 16.8 Å². The van der Waals surface area contributed by atoms with Gasteiger partial charge in [-0.1, -0.05) is 30.0 Å². The molecule has 3 aromatic heterocycles. The molecule has 0 radical (unpaired) electrons. The molecule has 324 valence electrons. The molecule has 10 rings (SSSR count). The molecule has 0 saturated carbocycles. The minimum absolute atomic E-state index is 0.0673. The minimum atomic E-state index is -1.01. The third-order valence-electron chi connectivity index (χ3n) is 13.0. The number of amides is 6. The molecule has 0 bridgehead atoms. The standard InChI is InChI=1S/C47H45N11O6/c48-42-41-40(30-9-11-31(12-10-30)44(61)51-37-5-1-2-18-49-37)53-43(57(41)23-19-50-42)35-4-3-20-56(35)39(60)27-54-21-16-32(17-22-54)55-25-29(26-55)7-6-28-8-13-33-34(24-28)47(64)58(46(33)63)36-14-15-38(59)52-45(36)62/h1-2,5,8-13,18-19,23-24,29,32,35-36H,3-4,14-17,20-22,25-27H2,(H2,48,50)(H,49,51,61)(H,52,59,62)/t35-,36?/m0/s1. The monoisotopic (exact) mass is 859 g/mol. The predicted molar refractivity (Wildman–Crippen MR) is 233 cm³/mol. The highest BCUT2D eigenvalue weighted by Gasteiger charge is 2.45. The highest BCUT2D eigenvalue weighted by Crippen LogP contribution is 2.37. The Morgan fingerprint density at radius 1 is 0.859 bits per heavy atom. The maximum absolute atomic E-state index is 14.0. The fraction of sp³-hybridized carbons (Fsp3) is 0.340. The molecule has 5 aliphatic rings. The van der Waals surface area contributed by atoms with Gasteiger partial charge in [0, 0.05) is 86.4 Å². The van der Waals surface area contributed by atoms with Gasteiger partial charge in [0.25, 0.3) is 17.7 Å². The number of benzene rings is 2. The first kappa shape index (κ1) is 40.8. The number of carbonyl (C=O) groups excluding carboxylic acids is 6. The zero-order valence-corrected chi connectivity index (χ0v) is 34.9. The number of imide groups is 2. The van der Waals surface area contributed by atoms with E-state index < -0.39 is 29.7 Å². The number of nitrogens with zero attached hydrogens (tertiary/aromatic N) is 8. The largest absolute Gasteiger partial charge is 0.382 e. The molecular weight excluding hydrogens is 815 g/mol. The third kappa shape index (κ3) is 7.64. The summed E-state index contributed by atoms with van der Waals surface area (Å²) in [7, 11) is 0. The minimum Gasteiger partial charge on any atom is -0.382 e. The lowest BCUT2D eigenvalue weighted by atomic mass is 9.93. The highest BCUT2D eigenvalue weighted by atomic mass is 16.2. The molecule has 17 heteroatoms. The molecule has 4 saturated heterocycles. The Labute approximate surface area is 368 Å². The van der Waals surface area contributed by atoms with Gasteiger partial charge in [-0.15, -0.1) is 0 Å². The van der Waals surface area contributed by atoms with Crippen LogP contribution in [0.3, 0.4) is 0 Å². The molecule has 2 aromatic carbocycles. The van der Waals surface area contributed by atoms with Gasteiger partial charge < -0.3 is 16.0 Å². The molecule has 5 aromatic rings. The topological polar surface area (TPSA) is 209 Å². The van der Waals surface area contributed by atoms with Gasteiger partial charge in [-0.25, -0.2) is 15.0 Å². The Morgan fingerprint density at radius 2 is 1.66 bits per heavy atom. The summed E-state index contributed by atoms with van der Waals surface area (Å²) >= 11 is 0. The van der Waals surface area contributed by atoms with Gasteiger partial charge in [-0.05, 0) is 74.6 Å². The number of anilines is 2. The number of piperidine rings is 2. The van der Waals surface area contributed by atoms with Gasteiger partial charge in [0.2, 0.25) is 17.7 Å². The number of hydrogen-bond acceptors (Lipinski definition) is 12. The lowest BCUT2D eigenvalue weighted by Gasteiger charge is -2.45. The van der Waals surface area contributed by atoms with Crippen molar-refractivity contribution in [1.29, 1.82) is 0 Å². The molecule has 64 heavy (non-hydrogen) atoms. The second kappa shape index (κ2) is 16.8. The van der Waals surface area contributed by atoms with E-state index in [1.54, 1.807) is 60.9 Å². The summed E-state index contributed by atoms with van der Waals surface area (Å²) in [5.41, 5.74) is 10.1. The van der Waals surface area contributed by atoms with Crippen molar-refractivity contribution in [2.75, 3.05) is 50.3 Å². The Bertz CT molecular complexity index is 2780. The summed E-state index contributed by atoms with van der Waals surface area (Å²) in [6.07, 6.45) is 8.80. The first-order chi connectivity index (χ1) is 31.1. The van der Waals surface area contributed by atoms with E-state index in [1.165, 1.54) is 0 Å². The number of nitrogen functional groups attached to an aromatic ring is 1. The number of carbonyl (C=O) groups is 6. The molecule has 0 aliphatic carbocycles. The van der Waals surface area contributed by atoms with E-state index in [-0.39, 0.29) is 47.7 Å². The number of hydrogen-bond donors (Lipinski definition) is 3. The normalized spacial score (nSPS) is 20.8. The van der Waals surface area contributed by atoms with E-state index in [0.717, 1.165) is 68.2 Å². The molecule has 1 unspecified atom stereocenters. The van der Waals surface area contributed by atoms with Crippen LogP contribution in [0.1, 0.15) is 87.0 Å². The number of imidazole rings is 1. The first-order valence-electron chi connectivity index (χ1n) is 21.7. The zero-order valence-electron chi connectivity index (χ0n) is 34.9. The van der Waals surface area contributed by atoms with Gasteiger partial charge in [0.05, 0.1) is 23.7 Å². The summed E-state index contributed by atoms with van der Waals surface area (Å²) in [4.78, 5) is 98.5. The quantitative estimate of drug-likeness (QED) is 0.152. The van der Waals surface area contributed by atoms with Crippen molar-refractivity contribution in [3.8, 4) is 23.1 Å². The van der Waals surface area contributed by atoms with Crippen LogP contribution in [0.5, 0.6) is 0 Å². The molecule has 6 amide bonds. The highest BCUT2D eigenvalue weighted by molar-refractivity contribution is 6.23. The van der Waals surface area contributed by atoms with Crippen LogP contribution in [0.2, 0.25) is 0 Å². The molecule has 5 aliphatic heterocycles. The molecule has 2 atom stereocenters. The van der Waals surface area contributed by atoms with Crippen molar-refractivity contribution in [2.45, 2.75) is 56.7 Å². The van der Waals surface area contributed by atoms with Crippen LogP contribution in [-0.2, 0) is 14.4 Å². The zero-order chi connectivity index (χ0) is 44.1. The van der Waals surface area contributed by atoms with Crippen molar-refractivity contribution >= 4 is 52.6 Å². The molecule has 4 fully saturated rings. The third-order valence-corrected chi connectivity index (χ3v) is 13.0. The van der Waals surface area contributed by atoms with Crippen LogP contribution in [0.15, 0.2) is 79.3 Å². The average molecular weight is 860 g/mol. The van der Waals surface area contributed by atoms with Crippen LogP contribution in [-0.4, -0.2) is 126 Å². The number of aromatic nitrogens is 4. The van der Waals surface area contributed by atoms with E-state index >= 15 is 0 Å². The lowest BCUT2D eigenvalue weighted by Crippen LogP contribution is -2.55. The van der Waals surface area contributed by atoms with Gasteiger partial charge in [0.15, 0.2) is 0 Å². The average Bonchev–Trinajstić information content (AvgIpc) is 3.99. The SMILES string of the molecule is Nc1nccn2c([C@@H]3CCCN3C(=O)CN3CCC(N4CC(C#Cc5ccc6c(c5)C(=O)N(C5CCC(=O)NC5=O)C6=O)C4)CC3)nc(-c3ccc(C(=O)Nc4ccccn4)cc3)c12. The maximum atomic E-state index is 14.0. The molecule has 0 spiro atoms. The number of fused-ring (bicyclic) bond motifs is 2. The lowest BCUT2D eigenvalue weighted by molar-refractivity contribution is -0.136. The Hall–Kier alpha value is -7.29. The van der Waals surface area contributed by atoms with Gasteiger partial charge in [0.1, 0.15) is 34.7 Å².